The summed E-state index contributed by atoms with van der Waals surface area (Å²) >= 11 is 0. The van der Waals surface area contributed by atoms with Crippen LogP contribution in [0.15, 0.2) is 72.3 Å². The van der Waals surface area contributed by atoms with E-state index in [1.807, 2.05) is 64.1 Å². The lowest BCUT2D eigenvalue weighted by molar-refractivity contribution is -0.139. The van der Waals surface area contributed by atoms with Crippen LogP contribution in [0.2, 0.25) is 0 Å². The predicted octanol–water partition coefficient (Wildman–Crippen LogP) is 6.41. The molecule has 1 atom stereocenters. The summed E-state index contributed by atoms with van der Waals surface area (Å²) in [5, 5.41) is 11.6. The first-order valence-corrected chi connectivity index (χ1v) is 13.4. The summed E-state index contributed by atoms with van der Waals surface area (Å²) in [4.78, 5) is 28.2. The maximum atomic E-state index is 13.4. The van der Waals surface area contributed by atoms with Crippen molar-refractivity contribution in [3.8, 4) is 17.2 Å². The van der Waals surface area contributed by atoms with Gasteiger partial charge >= 0.3 is 0 Å². The van der Waals surface area contributed by atoms with Crippen molar-refractivity contribution in [1.82, 2.24) is 4.90 Å². The number of hydrogen-bond donors (Lipinski definition) is 1. The van der Waals surface area contributed by atoms with E-state index in [9.17, 15) is 14.7 Å². The van der Waals surface area contributed by atoms with Gasteiger partial charge in [-0.3, -0.25) is 9.59 Å². The third kappa shape index (κ3) is 5.69. The smallest absolute Gasteiger partial charge is 0.295 e. The molecule has 1 N–H and O–H groups in total. The number of ether oxygens (including phenoxy) is 3. The quantitative estimate of drug-likeness (QED) is 0.191. The highest BCUT2D eigenvalue weighted by Gasteiger charge is 2.46. The van der Waals surface area contributed by atoms with E-state index < -0.39 is 17.7 Å². The zero-order chi connectivity index (χ0) is 29.0. The molecule has 40 heavy (non-hydrogen) atoms. The first-order chi connectivity index (χ1) is 19.1. The van der Waals surface area contributed by atoms with Crippen LogP contribution in [0.5, 0.6) is 17.2 Å². The molecule has 0 aliphatic carbocycles. The van der Waals surface area contributed by atoms with Gasteiger partial charge in [-0.15, -0.1) is 0 Å². The number of aliphatic hydroxyl groups is 1. The lowest BCUT2D eigenvalue weighted by Crippen LogP contribution is -2.30. The highest BCUT2D eigenvalue weighted by Crippen LogP contribution is 2.43. The number of Topliss-reactive ketones (excluding diaryl/α,β-unsaturated/α-hetero) is 1. The Morgan fingerprint density at radius 3 is 2.20 bits per heavy atom. The topological polar surface area (TPSA) is 85.3 Å². The van der Waals surface area contributed by atoms with E-state index in [1.165, 1.54) is 4.90 Å². The van der Waals surface area contributed by atoms with Crippen molar-refractivity contribution < 1.29 is 28.9 Å². The van der Waals surface area contributed by atoms with Crippen molar-refractivity contribution in [3.05, 3.63) is 94.6 Å². The monoisotopic (exact) mass is 543 g/mol. The molecule has 0 radical (unpaired) electrons. The third-order valence-electron chi connectivity index (χ3n) is 7.03. The number of ketones is 1. The van der Waals surface area contributed by atoms with Crippen LogP contribution in [0.25, 0.3) is 5.76 Å². The van der Waals surface area contributed by atoms with Crippen LogP contribution in [0.4, 0.5) is 0 Å². The number of hydrogen-bond acceptors (Lipinski definition) is 6. The molecule has 0 saturated carbocycles. The van der Waals surface area contributed by atoms with E-state index in [0.717, 1.165) is 11.1 Å². The van der Waals surface area contributed by atoms with Gasteiger partial charge in [0.05, 0.1) is 25.8 Å². The molecular weight excluding hydrogens is 506 g/mol. The number of likely N-dealkylation sites (tertiary alicyclic amines) is 1. The van der Waals surface area contributed by atoms with Crippen molar-refractivity contribution in [2.75, 3.05) is 20.8 Å². The molecule has 210 valence electrons. The van der Waals surface area contributed by atoms with Crippen LogP contribution in [-0.2, 0) is 21.6 Å². The zero-order valence-electron chi connectivity index (χ0n) is 24.0. The fraction of sp³-hybridized carbons (Fsp3) is 0.333. The van der Waals surface area contributed by atoms with Gasteiger partial charge in [0, 0.05) is 17.7 Å². The molecule has 1 aliphatic rings. The molecule has 1 aliphatic heterocycles. The maximum Gasteiger partial charge on any atom is 0.295 e. The number of aliphatic hydroxyl groups excluding tert-OH is 1. The molecule has 1 heterocycles. The zero-order valence-corrected chi connectivity index (χ0v) is 24.0. The molecule has 3 aromatic carbocycles. The number of nitrogens with zero attached hydrogens (tertiary/aromatic N) is 1. The van der Waals surface area contributed by atoms with Crippen LogP contribution < -0.4 is 14.2 Å². The van der Waals surface area contributed by atoms with Crippen molar-refractivity contribution in [3.63, 3.8) is 0 Å². The summed E-state index contributed by atoms with van der Waals surface area (Å²) in [6.45, 7) is 8.75. The first-order valence-electron chi connectivity index (χ1n) is 13.4. The van der Waals surface area contributed by atoms with Crippen molar-refractivity contribution in [1.29, 1.82) is 0 Å². The summed E-state index contributed by atoms with van der Waals surface area (Å²) in [6.07, 6.45) is 0.647. The van der Waals surface area contributed by atoms with Gasteiger partial charge in [-0.05, 0) is 53.3 Å². The molecule has 1 amide bonds. The van der Waals surface area contributed by atoms with Gasteiger partial charge in [0.2, 0.25) is 0 Å². The van der Waals surface area contributed by atoms with Crippen molar-refractivity contribution in [2.24, 2.45) is 0 Å². The normalized spacial score (nSPS) is 16.8. The van der Waals surface area contributed by atoms with Gasteiger partial charge in [0.25, 0.3) is 11.7 Å². The SMILES string of the molecule is CCCN1C(=O)C(=O)/C(=C(/O)c2ccc(OC)c(C(C)(C)C)c2)C1c1ccc(OC)c(OCc2ccccc2)c1. The van der Waals surface area contributed by atoms with Gasteiger partial charge in [-0.1, -0.05) is 64.1 Å². The summed E-state index contributed by atoms with van der Waals surface area (Å²) < 4.78 is 17.2. The lowest BCUT2D eigenvalue weighted by Gasteiger charge is -2.26. The van der Waals surface area contributed by atoms with Crippen LogP contribution >= 0.6 is 0 Å². The third-order valence-corrected chi connectivity index (χ3v) is 7.03. The van der Waals surface area contributed by atoms with Gasteiger partial charge in [0.15, 0.2) is 11.5 Å². The Morgan fingerprint density at radius 2 is 1.57 bits per heavy atom. The molecular formula is C33H37NO6. The largest absolute Gasteiger partial charge is 0.507 e. The fourth-order valence-corrected chi connectivity index (χ4v) is 5.01. The maximum absolute atomic E-state index is 13.4. The molecule has 1 unspecified atom stereocenters. The Morgan fingerprint density at radius 1 is 0.900 bits per heavy atom. The van der Waals surface area contributed by atoms with E-state index in [4.69, 9.17) is 14.2 Å². The fourth-order valence-electron chi connectivity index (χ4n) is 5.01. The van der Waals surface area contributed by atoms with Crippen molar-refractivity contribution >= 4 is 17.4 Å². The second-order valence-electron chi connectivity index (χ2n) is 10.8. The summed E-state index contributed by atoms with van der Waals surface area (Å²) in [7, 11) is 3.16. The number of rotatable bonds is 9. The van der Waals surface area contributed by atoms with Gasteiger partial charge in [-0.2, -0.15) is 0 Å². The van der Waals surface area contributed by atoms with Crippen LogP contribution in [0.3, 0.4) is 0 Å². The number of methoxy groups -OCH3 is 2. The van der Waals surface area contributed by atoms with Crippen molar-refractivity contribution in [2.45, 2.75) is 52.2 Å². The molecule has 0 bridgehead atoms. The minimum Gasteiger partial charge on any atom is -0.507 e. The van der Waals surface area contributed by atoms with Gasteiger partial charge < -0.3 is 24.2 Å². The van der Waals surface area contributed by atoms with E-state index in [-0.39, 0.29) is 16.7 Å². The van der Waals surface area contributed by atoms with Crippen LogP contribution in [0.1, 0.15) is 62.4 Å². The molecule has 3 aromatic rings. The molecule has 4 rings (SSSR count). The Hall–Kier alpha value is -4.26. The first kappa shape index (κ1) is 28.7. The molecule has 0 spiro atoms. The Balaban J connectivity index is 1.84. The molecule has 0 aromatic heterocycles. The minimum absolute atomic E-state index is 0.0441. The van der Waals surface area contributed by atoms with E-state index in [1.54, 1.807) is 44.6 Å². The average Bonchev–Trinajstić information content (AvgIpc) is 3.20. The minimum atomic E-state index is -0.787. The Labute approximate surface area is 236 Å². The van der Waals surface area contributed by atoms with E-state index in [0.29, 0.717) is 47.9 Å². The van der Waals surface area contributed by atoms with Gasteiger partial charge in [0.1, 0.15) is 18.1 Å². The Kier molecular flexibility index (Phi) is 8.52. The molecule has 7 nitrogen and oxygen atoms in total. The number of amides is 1. The van der Waals surface area contributed by atoms with E-state index >= 15 is 0 Å². The molecule has 1 saturated heterocycles. The average molecular weight is 544 g/mol. The second-order valence-corrected chi connectivity index (χ2v) is 10.8. The van der Waals surface area contributed by atoms with E-state index in [2.05, 4.69) is 0 Å². The van der Waals surface area contributed by atoms with Crippen LogP contribution in [-0.4, -0.2) is 42.5 Å². The highest BCUT2D eigenvalue weighted by atomic mass is 16.5. The second kappa shape index (κ2) is 11.9. The van der Waals surface area contributed by atoms with Crippen LogP contribution in [0, 0.1) is 0 Å². The Bertz CT molecular complexity index is 1420. The number of carbonyl (C=O) groups is 2. The number of benzene rings is 3. The molecule has 7 heteroatoms. The summed E-state index contributed by atoms with van der Waals surface area (Å²) in [5.41, 5.74) is 2.71. The summed E-state index contributed by atoms with van der Waals surface area (Å²) in [5.74, 6) is 0.106. The summed E-state index contributed by atoms with van der Waals surface area (Å²) in [6, 6.07) is 19.6. The number of carbonyl (C=O) groups excluding carboxylic acids is 2. The lowest BCUT2D eigenvalue weighted by atomic mass is 9.84. The highest BCUT2D eigenvalue weighted by molar-refractivity contribution is 6.46. The predicted molar refractivity (Wildman–Crippen MR) is 155 cm³/mol. The molecule has 1 fully saturated rings. The van der Waals surface area contributed by atoms with Gasteiger partial charge in [-0.25, -0.2) is 0 Å². The standard InChI is InChI=1S/C33H37NO6/c1-7-17-34-29(22-13-16-26(39-6)27(19-22)40-20-21-11-9-8-10-12-21)28(31(36)32(34)37)30(35)23-14-15-25(38-5)24(18-23)33(2,3)4/h8-16,18-19,29,35H,7,17,20H2,1-6H3/b30-28+.